The molecular weight excluding hydrogens is 248 g/mol. The van der Waals surface area contributed by atoms with Gasteiger partial charge < -0.3 is 10.2 Å². The molecule has 2 unspecified atom stereocenters. The van der Waals surface area contributed by atoms with E-state index in [4.69, 9.17) is 0 Å². The summed E-state index contributed by atoms with van der Waals surface area (Å²) in [4.78, 5) is 14.6. The Labute approximate surface area is 122 Å². The van der Waals surface area contributed by atoms with Gasteiger partial charge in [0.25, 0.3) is 0 Å². The average Bonchev–Trinajstić information content (AvgIpc) is 2.35. The summed E-state index contributed by atoms with van der Waals surface area (Å²) in [7, 11) is 1.92. The van der Waals surface area contributed by atoms with Gasteiger partial charge in [-0.2, -0.15) is 0 Å². The van der Waals surface area contributed by atoms with E-state index in [0.717, 1.165) is 13.0 Å². The molecule has 0 saturated carbocycles. The van der Waals surface area contributed by atoms with Crippen LogP contribution in [-0.2, 0) is 11.2 Å². The third-order valence-corrected chi connectivity index (χ3v) is 3.85. The fourth-order valence-electron chi connectivity index (χ4n) is 2.97. The van der Waals surface area contributed by atoms with Crippen LogP contribution in [0.15, 0.2) is 24.3 Å². The lowest BCUT2D eigenvalue weighted by atomic mass is 9.86. The molecule has 110 valence electrons. The van der Waals surface area contributed by atoms with E-state index in [-0.39, 0.29) is 23.3 Å². The Morgan fingerprint density at radius 3 is 2.65 bits per heavy atom. The number of hydrogen-bond donors (Lipinski definition) is 1. The van der Waals surface area contributed by atoms with Crippen molar-refractivity contribution in [1.82, 2.24) is 4.90 Å². The second-order valence-electron chi connectivity index (χ2n) is 7.16. The lowest BCUT2D eigenvalue weighted by Crippen LogP contribution is -2.46. The van der Waals surface area contributed by atoms with E-state index >= 15 is 0 Å². The summed E-state index contributed by atoms with van der Waals surface area (Å²) in [5, 5.41) is 3.46. The predicted molar refractivity (Wildman–Crippen MR) is 83.8 cm³/mol. The molecule has 0 aromatic heterocycles. The molecule has 1 heterocycles. The monoisotopic (exact) mass is 274 g/mol. The maximum atomic E-state index is 12.7. The number of para-hydroxylation sites is 1. The highest BCUT2D eigenvalue weighted by Crippen LogP contribution is 2.29. The van der Waals surface area contributed by atoms with Crippen molar-refractivity contribution in [2.24, 2.45) is 11.3 Å². The molecule has 0 saturated heterocycles. The number of nitrogens with zero attached hydrogens (tertiary/aromatic N) is 1. The highest BCUT2D eigenvalue weighted by molar-refractivity contribution is 5.81. The van der Waals surface area contributed by atoms with Crippen molar-refractivity contribution in [3.05, 3.63) is 29.8 Å². The number of nitrogens with one attached hydrogen (secondary N) is 1. The zero-order valence-electron chi connectivity index (χ0n) is 13.2. The molecule has 3 heteroatoms. The van der Waals surface area contributed by atoms with E-state index in [0.29, 0.717) is 0 Å². The molecule has 2 atom stereocenters. The Hall–Kier alpha value is -1.51. The minimum Gasteiger partial charge on any atom is -0.382 e. The van der Waals surface area contributed by atoms with Crippen LogP contribution in [0.2, 0.25) is 0 Å². The number of benzene rings is 1. The summed E-state index contributed by atoms with van der Waals surface area (Å²) in [6, 6.07) is 8.45. The van der Waals surface area contributed by atoms with Gasteiger partial charge in [-0.15, -0.1) is 0 Å². The molecule has 0 fully saturated rings. The van der Waals surface area contributed by atoms with Gasteiger partial charge >= 0.3 is 0 Å². The molecule has 1 aliphatic heterocycles. The highest BCUT2D eigenvalue weighted by atomic mass is 16.2. The second-order valence-corrected chi connectivity index (χ2v) is 7.16. The number of hydrogen-bond acceptors (Lipinski definition) is 2. The Balaban J connectivity index is 2.12. The largest absolute Gasteiger partial charge is 0.382 e. The molecule has 2 rings (SSSR count). The molecule has 1 aromatic rings. The Morgan fingerprint density at radius 1 is 1.35 bits per heavy atom. The fourth-order valence-corrected chi connectivity index (χ4v) is 2.97. The Morgan fingerprint density at radius 2 is 2.00 bits per heavy atom. The Kier molecular flexibility index (Phi) is 4.07. The first-order valence-corrected chi connectivity index (χ1v) is 7.37. The standard InChI is InChI=1S/C17H26N2O/c1-12-14(16(20)19(5)11-17(2,3)4)10-13-8-6-7-9-15(13)18-12/h6-9,12,14,18H,10-11H2,1-5H3. The molecule has 0 spiro atoms. The molecule has 0 radical (unpaired) electrons. The summed E-state index contributed by atoms with van der Waals surface area (Å²) < 4.78 is 0. The van der Waals surface area contributed by atoms with Crippen molar-refractivity contribution in [3.63, 3.8) is 0 Å². The third kappa shape index (κ3) is 3.33. The molecule has 1 aliphatic rings. The van der Waals surface area contributed by atoms with E-state index in [2.05, 4.69) is 45.1 Å². The van der Waals surface area contributed by atoms with Gasteiger partial charge in [-0.1, -0.05) is 39.0 Å². The zero-order valence-corrected chi connectivity index (χ0v) is 13.2. The summed E-state index contributed by atoms with van der Waals surface area (Å²) >= 11 is 0. The molecule has 0 bridgehead atoms. The molecule has 0 aliphatic carbocycles. The van der Waals surface area contributed by atoms with Gasteiger partial charge in [0.15, 0.2) is 0 Å². The normalized spacial score (nSPS) is 21.9. The van der Waals surface area contributed by atoms with Gasteiger partial charge in [0, 0.05) is 25.3 Å². The van der Waals surface area contributed by atoms with Crippen LogP contribution in [0.25, 0.3) is 0 Å². The van der Waals surface area contributed by atoms with Gasteiger partial charge in [0.2, 0.25) is 5.91 Å². The van der Waals surface area contributed by atoms with Crippen molar-refractivity contribution >= 4 is 11.6 Å². The van der Waals surface area contributed by atoms with Gasteiger partial charge in [-0.3, -0.25) is 4.79 Å². The number of carbonyl (C=O) groups is 1. The van der Waals surface area contributed by atoms with E-state index < -0.39 is 0 Å². The molecule has 1 N–H and O–H groups in total. The Bertz CT molecular complexity index is 490. The summed E-state index contributed by atoms with van der Waals surface area (Å²) in [5.41, 5.74) is 2.55. The van der Waals surface area contributed by atoms with Crippen molar-refractivity contribution in [1.29, 1.82) is 0 Å². The SMILES string of the molecule is CC1Nc2ccccc2CC1C(=O)N(C)CC(C)(C)C. The fraction of sp³-hybridized carbons (Fsp3) is 0.588. The quantitative estimate of drug-likeness (QED) is 0.898. The maximum Gasteiger partial charge on any atom is 0.227 e. The first kappa shape index (κ1) is 14.9. The van der Waals surface area contributed by atoms with E-state index in [1.54, 1.807) is 0 Å². The summed E-state index contributed by atoms with van der Waals surface area (Å²) in [5.74, 6) is 0.270. The first-order valence-electron chi connectivity index (χ1n) is 7.37. The summed E-state index contributed by atoms with van der Waals surface area (Å²) in [6.07, 6.45) is 0.831. The maximum absolute atomic E-state index is 12.7. The second kappa shape index (κ2) is 5.47. The van der Waals surface area contributed by atoms with Crippen LogP contribution in [0.1, 0.15) is 33.3 Å². The lowest BCUT2D eigenvalue weighted by molar-refractivity contribution is -0.135. The van der Waals surface area contributed by atoms with Gasteiger partial charge in [-0.25, -0.2) is 0 Å². The first-order chi connectivity index (χ1) is 9.28. The molecule has 3 nitrogen and oxygen atoms in total. The number of carbonyl (C=O) groups excluding carboxylic acids is 1. The lowest BCUT2D eigenvalue weighted by Gasteiger charge is -2.35. The van der Waals surface area contributed by atoms with Crippen molar-refractivity contribution in [2.45, 2.75) is 40.2 Å². The average molecular weight is 274 g/mol. The smallest absolute Gasteiger partial charge is 0.227 e. The van der Waals surface area contributed by atoms with Crippen LogP contribution in [0.5, 0.6) is 0 Å². The van der Waals surface area contributed by atoms with Crippen molar-refractivity contribution in [3.8, 4) is 0 Å². The van der Waals surface area contributed by atoms with Crippen LogP contribution < -0.4 is 5.32 Å². The number of amides is 1. The van der Waals surface area contributed by atoms with Crippen LogP contribution in [-0.4, -0.2) is 30.4 Å². The number of fused-ring (bicyclic) bond motifs is 1. The van der Waals surface area contributed by atoms with Gasteiger partial charge in [0.05, 0.1) is 5.92 Å². The third-order valence-electron chi connectivity index (χ3n) is 3.85. The minimum atomic E-state index is 0.0252. The van der Waals surface area contributed by atoms with Crippen molar-refractivity contribution in [2.75, 3.05) is 18.9 Å². The van der Waals surface area contributed by atoms with Crippen LogP contribution >= 0.6 is 0 Å². The van der Waals surface area contributed by atoms with E-state index in [1.165, 1.54) is 11.3 Å². The van der Waals surface area contributed by atoms with Crippen molar-refractivity contribution < 1.29 is 4.79 Å². The molecule has 1 aromatic carbocycles. The number of rotatable bonds is 2. The zero-order chi connectivity index (χ0) is 14.9. The van der Waals surface area contributed by atoms with Crippen LogP contribution in [0, 0.1) is 11.3 Å². The summed E-state index contributed by atoms with van der Waals surface area (Å²) in [6.45, 7) is 9.37. The van der Waals surface area contributed by atoms with Gasteiger partial charge in [-0.05, 0) is 30.4 Å². The highest BCUT2D eigenvalue weighted by Gasteiger charge is 2.33. The van der Waals surface area contributed by atoms with E-state index in [1.807, 2.05) is 24.1 Å². The molecule has 1 amide bonds. The topological polar surface area (TPSA) is 32.3 Å². The molecular formula is C17H26N2O. The van der Waals surface area contributed by atoms with Gasteiger partial charge in [0.1, 0.15) is 0 Å². The van der Waals surface area contributed by atoms with Crippen LogP contribution in [0.4, 0.5) is 5.69 Å². The minimum absolute atomic E-state index is 0.0252. The van der Waals surface area contributed by atoms with E-state index in [9.17, 15) is 4.79 Å². The predicted octanol–water partition coefficient (Wildman–Crippen LogP) is 3.16. The van der Waals surface area contributed by atoms with Crippen LogP contribution in [0.3, 0.4) is 0 Å². The number of anilines is 1. The molecule has 20 heavy (non-hydrogen) atoms.